The number of rotatable bonds is 8. The van der Waals surface area contributed by atoms with E-state index in [-0.39, 0.29) is 0 Å². The number of nitrogens with zero attached hydrogens (tertiary/aromatic N) is 2. The Balaban J connectivity index is 1.23. The van der Waals surface area contributed by atoms with Crippen molar-refractivity contribution in [2.75, 3.05) is 9.80 Å². The van der Waals surface area contributed by atoms with Gasteiger partial charge in [-0.2, -0.15) is 0 Å². The standard InChI is InChI=1S/C58H46N2/c1-41-20-19-31-47(38-41)60(46-29-15-6-16-30-46)48-34-36-52-54(39-48)50-32-17-18-33-51(50)56-53-37-35-49(59(44-25-11-4-12-26-44)45-27-13-5-14-28-45)40-55(53)58(57(52)56,42-21-7-2-8-22-42)43-23-9-3-10-24-43/h2-17,19-32,34-37,39-41H,18,33,38H2,1H3. The fourth-order valence-electron chi connectivity index (χ4n) is 10.4. The zero-order valence-corrected chi connectivity index (χ0v) is 33.9. The summed E-state index contributed by atoms with van der Waals surface area (Å²) >= 11 is 0. The fraction of sp³-hybridized carbons (Fsp3) is 0.103. The Hall–Kier alpha value is -7.16. The SMILES string of the molecule is CC1C=CC=C(N(c2ccccc2)c2ccc3c4c(c5c(c3c2)C=CCC5)-c2ccc(N(c3ccccc3)c3ccccc3)cc2C4(c2ccccc2)c2ccccc2)C1. The van der Waals surface area contributed by atoms with Gasteiger partial charge in [-0.25, -0.2) is 0 Å². The first-order valence-corrected chi connectivity index (χ1v) is 21.4. The maximum absolute atomic E-state index is 2.50. The molecule has 3 aliphatic rings. The molecule has 60 heavy (non-hydrogen) atoms. The van der Waals surface area contributed by atoms with E-state index in [0.29, 0.717) is 5.92 Å². The van der Waals surface area contributed by atoms with Crippen molar-refractivity contribution in [3.8, 4) is 11.1 Å². The Morgan fingerprint density at radius 3 is 1.68 bits per heavy atom. The van der Waals surface area contributed by atoms with Crippen molar-refractivity contribution in [1.82, 2.24) is 0 Å². The Kier molecular flexibility index (Phi) is 8.93. The molecule has 0 N–H and O–H groups in total. The molecule has 1 atom stereocenters. The topological polar surface area (TPSA) is 6.48 Å². The lowest BCUT2D eigenvalue weighted by molar-refractivity contribution is 0.696. The van der Waals surface area contributed by atoms with Crippen LogP contribution in [0.15, 0.2) is 218 Å². The van der Waals surface area contributed by atoms with Gasteiger partial charge in [-0.3, -0.25) is 0 Å². The first-order valence-electron chi connectivity index (χ1n) is 21.4. The van der Waals surface area contributed by atoms with Gasteiger partial charge in [0.25, 0.3) is 0 Å². The van der Waals surface area contributed by atoms with Crippen molar-refractivity contribution in [1.29, 1.82) is 0 Å². The Morgan fingerprint density at radius 1 is 0.533 bits per heavy atom. The first kappa shape index (κ1) is 36.0. The summed E-state index contributed by atoms with van der Waals surface area (Å²) in [4.78, 5) is 4.89. The highest BCUT2D eigenvalue weighted by Crippen LogP contribution is 2.61. The highest BCUT2D eigenvalue weighted by atomic mass is 15.2. The van der Waals surface area contributed by atoms with Crippen LogP contribution in [0.5, 0.6) is 0 Å². The van der Waals surface area contributed by atoms with Crippen LogP contribution in [-0.4, -0.2) is 0 Å². The second kappa shape index (κ2) is 14.9. The summed E-state index contributed by atoms with van der Waals surface area (Å²) in [7, 11) is 0. The molecule has 2 nitrogen and oxygen atoms in total. The van der Waals surface area contributed by atoms with Gasteiger partial charge in [0.05, 0.1) is 5.41 Å². The van der Waals surface area contributed by atoms with Crippen LogP contribution in [0.3, 0.4) is 0 Å². The van der Waals surface area contributed by atoms with Gasteiger partial charge in [0.2, 0.25) is 0 Å². The summed E-state index contributed by atoms with van der Waals surface area (Å²) < 4.78 is 0. The molecule has 3 aliphatic carbocycles. The van der Waals surface area contributed by atoms with E-state index in [1.54, 1.807) is 0 Å². The number of hydrogen-bond donors (Lipinski definition) is 0. The van der Waals surface area contributed by atoms with E-state index in [2.05, 4.69) is 235 Å². The van der Waals surface area contributed by atoms with E-state index in [4.69, 9.17) is 0 Å². The average Bonchev–Trinajstić information content (AvgIpc) is 3.62. The van der Waals surface area contributed by atoms with Crippen molar-refractivity contribution >= 4 is 45.3 Å². The van der Waals surface area contributed by atoms with Gasteiger partial charge in [0, 0.05) is 34.1 Å². The minimum atomic E-state index is -0.594. The van der Waals surface area contributed by atoms with Crippen molar-refractivity contribution < 1.29 is 0 Å². The van der Waals surface area contributed by atoms with Crippen LogP contribution >= 0.6 is 0 Å². The summed E-state index contributed by atoms with van der Waals surface area (Å²) in [6.07, 6.45) is 14.6. The molecule has 0 heterocycles. The van der Waals surface area contributed by atoms with E-state index in [1.807, 2.05) is 0 Å². The van der Waals surface area contributed by atoms with Gasteiger partial charge in [0.1, 0.15) is 0 Å². The molecule has 0 saturated carbocycles. The normalized spacial score (nSPS) is 15.8. The fourth-order valence-corrected chi connectivity index (χ4v) is 10.4. The molecule has 288 valence electrons. The van der Waals surface area contributed by atoms with Crippen LogP contribution in [0.1, 0.15) is 53.1 Å². The van der Waals surface area contributed by atoms with E-state index in [1.165, 1.54) is 72.4 Å². The molecular weight excluding hydrogens is 725 g/mol. The smallest absolute Gasteiger partial charge is 0.0720 e. The molecular formula is C58H46N2. The van der Waals surface area contributed by atoms with Gasteiger partial charge in [0.15, 0.2) is 0 Å². The summed E-state index contributed by atoms with van der Waals surface area (Å²) in [6.45, 7) is 2.31. The van der Waals surface area contributed by atoms with E-state index < -0.39 is 5.41 Å². The maximum atomic E-state index is 2.50. The number of para-hydroxylation sites is 3. The molecule has 0 amide bonds. The molecule has 0 aromatic heterocycles. The first-order chi connectivity index (χ1) is 29.7. The van der Waals surface area contributed by atoms with Crippen LogP contribution in [0, 0.1) is 5.92 Å². The van der Waals surface area contributed by atoms with Crippen LogP contribution in [0.25, 0.3) is 28.0 Å². The molecule has 0 fully saturated rings. The summed E-state index contributed by atoms with van der Waals surface area (Å²) in [5.74, 6) is 0.469. The molecule has 1 unspecified atom stereocenters. The minimum absolute atomic E-state index is 0.469. The minimum Gasteiger partial charge on any atom is -0.314 e. The second-order valence-corrected chi connectivity index (χ2v) is 16.4. The molecule has 8 aromatic carbocycles. The predicted octanol–water partition coefficient (Wildman–Crippen LogP) is 15.3. The zero-order chi connectivity index (χ0) is 40.0. The molecule has 8 aromatic rings. The number of allylic oxidation sites excluding steroid dienone is 5. The van der Waals surface area contributed by atoms with Gasteiger partial charge >= 0.3 is 0 Å². The lowest BCUT2D eigenvalue weighted by atomic mass is 9.66. The average molecular weight is 771 g/mol. The quantitative estimate of drug-likeness (QED) is 0.152. The lowest BCUT2D eigenvalue weighted by Gasteiger charge is -2.36. The third-order valence-corrected chi connectivity index (χ3v) is 12.9. The van der Waals surface area contributed by atoms with Crippen LogP contribution in [0.4, 0.5) is 28.4 Å². The lowest BCUT2D eigenvalue weighted by Crippen LogP contribution is -2.29. The van der Waals surface area contributed by atoms with Gasteiger partial charge in [-0.1, -0.05) is 159 Å². The van der Waals surface area contributed by atoms with Crippen molar-refractivity contribution in [2.24, 2.45) is 5.92 Å². The summed E-state index contributed by atoms with van der Waals surface area (Å²) in [5, 5.41) is 2.60. The maximum Gasteiger partial charge on any atom is 0.0720 e. The predicted molar refractivity (Wildman–Crippen MR) is 253 cm³/mol. The number of anilines is 5. The summed E-state index contributed by atoms with van der Waals surface area (Å²) in [5.41, 5.74) is 17.2. The molecule has 11 rings (SSSR count). The molecule has 0 spiro atoms. The number of benzene rings is 8. The monoisotopic (exact) mass is 770 g/mol. The Bertz CT molecular complexity index is 2870. The number of hydrogen-bond acceptors (Lipinski definition) is 2. The molecule has 0 aliphatic heterocycles. The van der Waals surface area contributed by atoms with E-state index >= 15 is 0 Å². The molecule has 0 saturated heterocycles. The third-order valence-electron chi connectivity index (χ3n) is 12.9. The largest absolute Gasteiger partial charge is 0.314 e. The highest BCUT2D eigenvalue weighted by Gasteiger charge is 2.49. The molecule has 0 radical (unpaired) electrons. The molecule has 2 heteroatoms. The third kappa shape index (κ3) is 5.78. The van der Waals surface area contributed by atoms with Gasteiger partial charge in [-0.15, -0.1) is 0 Å². The number of fused-ring (bicyclic) bond motifs is 8. The van der Waals surface area contributed by atoms with Crippen molar-refractivity contribution in [2.45, 2.75) is 31.6 Å². The van der Waals surface area contributed by atoms with Gasteiger partial charge in [-0.05, 0) is 147 Å². The molecule has 0 bridgehead atoms. The van der Waals surface area contributed by atoms with E-state index in [0.717, 1.165) is 36.3 Å². The van der Waals surface area contributed by atoms with Crippen LogP contribution in [-0.2, 0) is 11.8 Å². The van der Waals surface area contributed by atoms with Gasteiger partial charge < -0.3 is 9.80 Å². The second-order valence-electron chi connectivity index (χ2n) is 16.4. The Labute approximate surface area is 353 Å². The van der Waals surface area contributed by atoms with Crippen molar-refractivity contribution in [3.63, 3.8) is 0 Å². The zero-order valence-electron chi connectivity index (χ0n) is 33.9. The van der Waals surface area contributed by atoms with Crippen LogP contribution < -0.4 is 9.80 Å². The van der Waals surface area contributed by atoms with E-state index in [9.17, 15) is 0 Å². The summed E-state index contributed by atoms with van der Waals surface area (Å²) in [6, 6.07) is 69.6. The van der Waals surface area contributed by atoms with Crippen LogP contribution in [0.2, 0.25) is 0 Å². The highest BCUT2D eigenvalue weighted by molar-refractivity contribution is 6.08. The Morgan fingerprint density at radius 2 is 1.08 bits per heavy atom. The van der Waals surface area contributed by atoms with Crippen molar-refractivity contribution in [3.05, 3.63) is 251 Å².